The van der Waals surface area contributed by atoms with Crippen LogP contribution < -0.4 is 9.64 Å². The van der Waals surface area contributed by atoms with Crippen molar-refractivity contribution in [2.24, 2.45) is 0 Å². The first-order valence-electron chi connectivity index (χ1n) is 9.18. The van der Waals surface area contributed by atoms with Crippen molar-refractivity contribution in [2.75, 3.05) is 31.1 Å². The molecule has 1 aromatic rings. The highest BCUT2D eigenvalue weighted by Crippen LogP contribution is 2.38. The minimum atomic E-state index is -0.448. The minimum absolute atomic E-state index is 0.0962. The number of hydrogen-bond acceptors (Lipinski definition) is 4. The van der Waals surface area contributed by atoms with Gasteiger partial charge in [0.1, 0.15) is 17.0 Å². The van der Waals surface area contributed by atoms with Gasteiger partial charge in [0.2, 0.25) is 0 Å². The van der Waals surface area contributed by atoms with Crippen LogP contribution in [-0.2, 0) is 11.2 Å². The van der Waals surface area contributed by atoms with Crippen LogP contribution in [-0.4, -0.2) is 48.4 Å². The van der Waals surface area contributed by atoms with Crippen LogP contribution in [0, 0.1) is 0 Å². The molecule has 1 saturated heterocycles. The lowest BCUT2D eigenvalue weighted by molar-refractivity contribution is 0.0240. The molecule has 0 saturated carbocycles. The van der Waals surface area contributed by atoms with Crippen molar-refractivity contribution in [3.63, 3.8) is 0 Å². The lowest BCUT2D eigenvalue weighted by atomic mass is 9.93. The van der Waals surface area contributed by atoms with Gasteiger partial charge in [-0.25, -0.2) is 4.79 Å². The van der Waals surface area contributed by atoms with E-state index in [-0.39, 0.29) is 11.7 Å². The SMILES string of the molecule is CC(C)(C)OC(=O)N1CCN(c2cccc3c2CCC(C)(C)O3)CC1. The maximum atomic E-state index is 12.2. The first-order valence-corrected chi connectivity index (χ1v) is 9.18. The van der Waals surface area contributed by atoms with Gasteiger partial charge in [0, 0.05) is 37.4 Å². The summed E-state index contributed by atoms with van der Waals surface area (Å²) >= 11 is 0. The lowest BCUT2D eigenvalue weighted by Crippen LogP contribution is -2.50. The highest BCUT2D eigenvalue weighted by Gasteiger charge is 2.31. The van der Waals surface area contributed by atoms with Gasteiger partial charge in [0.25, 0.3) is 0 Å². The largest absolute Gasteiger partial charge is 0.487 e. The molecule has 2 heterocycles. The highest BCUT2D eigenvalue weighted by atomic mass is 16.6. The zero-order valence-corrected chi connectivity index (χ0v) is 16.1. The van der Waals surface area contributed by atoms with Crippen molar-refractivity contribution in [1.29, 1.82) is 0 Å². The van der Waals surface area contributed by atoms with Crippen molar-refractivity contribution in [3.05, 3.63) is 23.8 Å². The molecule has 0 aromatic heterocycles. The van der Waals surface area contributed by atoms with Crippen molar-refractivity contribution in [2.45, 2.75) is 58.7 Å². The van der Waals surface area contributed by atoms with Crippen LogP contribution in [0.4, 0.5) is 10.5 Å². The molecule has 1 fully saturated rings. The second-order valence-electron chi connectivity index (χ2n) is 8.57. The molecular formula is C20H30N2O3. The van der Waals surface area contributed by atoms with E-state index >= 15 is 0 Å². The van der Waals surface area contributed by atoms with Crippen LogP contribution in [0.1, 0.15) is 46.6 Å². The molecule has 138 valence electrons. The molecule has 0 N–H and O–H groups in total. The van der Waals surface area contributed by atoms with Gasteiger partial charge in [-0.05, 0) is 59.6 Å². The summed E-state index contributed by atoms with van der Waals surface area (Å²) in [7, 11) is 0. The fourth-order valence-corrected chi connectivity index (χ4v) is 3.43. The molecule has 0 bridgehead atoms. The number of fused-ring (bicyclic) bond motifs is 1. The molecular weight excluding hydrogens is 316 g/mol. The monoisotopic (exact) mass is 346 g/mol. The van der Waals surface area contributed by atoms with Crippen molar-refractivity contribution < 1.29 is 14.3 Å². The number of piperazine rings is 1. The Morgan fingerprint density at radius 3 is 2.48 bits per heavy atom. The zero-order chi connectivity index (χ0) is 18.2. The van der Waals surface area contributed by atoms with E-state index in [1.165, 1.54) is 11.3 Å². The molecule has 1 amide bonds. The number of carbonyl (C=O) groups excluding carboxylic acids is 1. The van der Waals surface area contributed by atoms with Gasteiger partial charge < -0.3 is 19.3 Å². The summed E-state index contributed by atoms with van der Waals surface area (Å²) in [4.78, 5) is 16.4. The number of carbonyl (C=O) groups is 1. The lowest BCUT2D eigenvalue weighted by Gasteiger charge is -2.39. The van der Waals surface area contributed by atoms with Gasteiger partial charge in [-0.2, -0.15) is 0 Å². The Kier molecular flexibility index (Phi) is 4.60. The molecule has 0 aliphatic carbocycles. The number of rotatable bonds is 1. The summed E-state index contributed by atoms with van der Waals surface area (Å²) in [6.07, 6.45) is 1.84. The molecule has 25 heavy (non-hydrogen) atoms. The van der Waals surface area contributed by atoms with Crippen LogP contribution in [0.3, 0.4) is 0 Å². The number of anilines is 1. The Balaban J connectivity index is 1.67. The minimum Gasteiger partial charge on any atom is -0.487 e. The Labute approximate surface area is 150 Å². The van der Waals surface area contributed by atoms with Crippen molar-refractivity contribution in [3.8, 4) is 5.75 Å². The third kappa shape index (κ3) is 4.20. The van der Waals surface area contributed by atoms with Gasteiger partial charge in [0.05, 0.1) is 0 Å². The summed E-state index contributed by atoms with van der Waals surface area (Å²) < 4.78 is 11.6. The molecule has 0 unspecified atom stereocenters. The number of hydrogen-bond donors (Lipinski definition) is 0. The standard InChI is InChI=1S/C20H30N2O3/c1-19(2,3)25-18(23)22-13-11-21(12-14-22)16-7-6-8-17-15(16)9-10-20(4,5)24-17/h6-8H,9-14H2,1-5H3. The van der Waals surface area contributed by atoms with E-state index in [4.69, 9.17) is 9.47 Å². The maximum Gasteiger partial charge on any atom is 0.410 e. The number of nitrogens with zero attached hydrogens (tertiary/aromatic N) is 2. The topological polar surface area (TPSA) is 42.0 Å². The van der Waals surface area contributed by atoms with Crippen molar-refractivity contribution >= 4 is 11.8 Å². The summed E-state index contributed by atoms with van der Waals surface area (Å²) in [6.45, 7) is 13.0. The smallest absolute Gasteiger partial charge is 0.410 e. The fourth-order valence-electron chi connectivity index (χ4n) is 3.43. The van der Waals surface area contributed by atoms with E-state index in [2.05, 4.69) is 36.9 Å². The Morgan fingerprint density at radius 1 is 1.16 bits per heavy atom. The van der Waals surface area contributed by atoms with E-state index in [0.717, 1.165) is 31.7 Å². The zero-order valence-electron chi connectivity index (χ0n) is 16.1. The second-order valence-corrected chi connectivity index (χ2v) is 8.57. The molecule has 0 radical (unpaired) electrons. The maximum absolute atomic E-state index is 12.2. The van der Waals surface area contributed by atoms with Crippen LogP contribution >= 0.6 is 0 Å². The average Bonchev–Trinajstić information content (AvgIpc) is 2.51. The molecule has 1 aromatic carbocycles. The Morgan fingerprint density at radius 2 is 1.84 bits per heavy atom. The number of amides is 1. The fraction of sp³-hybridized carbons (Fsp3) is 0.650. The van der Waals surface area contributed by atoms with Gasteiger partial charge in [-0.3, -0.25) is 0 Å². The quantitative estimate of drug-likeness (QED) is 0.775. The van der Waals surface area contributed by atoms with Gasteiger partial charge in [0.15, 0.2) is 0 Å². The summed E-state index contributed by atoms with van der Waals surface area (Å²) in [5, 5.41) is 0. The number of benzene rings is 1. The average molecular weight is 346 g/mol. The van der Waals surface area contributed by atoms with Crippen molar-refractivity contribution in [1.82, 2.24) is 4.90 Å². The van der Waals surface area contributed by atoms with Gasteiger partial charge in [-0.1, -0.05) is 6.07 Å². The van der Waals surface area contributed by atoms with Crippen LogP contribution in [0.15, 0.2) is 18.2 Å². The molecule has 2 aliphatic rings. The first kappa shape index (κ1) is 17.9. The van der Waals surface area contributed by atoms with E-state index in [1.807, 2.05) is 20.8 Å². The third-order valence-electron chi connectivity index (χ3n) is 4.74. The Hall–Kier alpha value is -1.91. The van der Waals surface area contributed by atoms with Crippen LogP contribution in [0.2, 0.25) is 0 Å². The van der Waals surface area contributed by atoms with E-state index in [1.54, 1.807) is 4.90 Å². The summed E-state index contributed by atoms with van der Waals surface area (Å²) in [5.41, 5.74) is 2.00. The van der Waals surface area contributed by atoms with E-state index in [0.29, 0.717) is 13.1 Å². The van der Waals surface area contributed by atoms with E-state index in [9.17, 15) is 4.79 Å². The molecule has 0 spiro atoms. The molecule has 5 nitrogen and oxygen atoms in total. The normalized spacial score (nSPS) is 19.9. The second kappa shape index (κ2) is 6.43. The van der Waals surface area contributed by atoms with Crippen LogP contribution in [0.25, 0.3) is 0 Å². The molecule has 3 rings (SSSR count). The molecule has 0 atom stereocenters. The van der Waals surface area contributed by atoms with E-state index < -0.39 is 5.60 Å². The summed E-state index contributed by atoms with van der Waals surface area (Å²) in [6, 6.07) is 6.30. The predicted octanol–water partition coefficient (Wildman–Crippen LogP) is 3.85. The first-order chi connectivity index (χ1) is 11.6. The van der Waals surface area contributed by atoms with Crippen LogP contribution in [0.5, 0.6) is 5.75 Å². The molecule has 5 heteroatoms. The summed E-state index contributed by atoms with van der Waals surface area (Å²) in [5.74, 6) is 1.00. The third-order valence-corrected chi connectivity index (χ3v) is 4.74. The van der Waals surface area contributed by atoms with Gasteiger partial charge in [-0.15, -0.1) is 0 Å². The predicted molar refractivity (Wildman–Crippen MR) is 99.5 cm³/mol. The highest BCUT2D eigenvalue weighted by molar-refractivity contribution is 5.69. The molecule has 2 aliphatic heterocycles. The number of ether oxygens (including phenoxy) is 2. The van der Waals surface area contributed by atoms with Gasteiger partial charge >= 0.3 is 6.09 Å². The Bertz CT molecular complexity index is 641.